The van der Waals surface area contributed by atoms with E-state index in [-0.39, 0.29) is 0 Å². The number of nitrogens with zero attached hydrogens (tertiary/aromatic N) is 5. The fourth-order valence-electron chi connectivity index (χ4n) is 1.48. The smallest absolute Gasteiger partial charge is 0.191 e. The van der Waals surface area contributed by atoms with Gasteiger partial charge in [0.05, 0.1) is 12.7 Å². The van der Waals surface area contributed by atoms with Gasteiger partial charge in [-0.25, -0.2) is 0 Å². The van der Waals surface area contributed by atoms with Gasteiger partial charge in [0.1, 0.15) is 5.82 Å². The van der Waals surface area contributed by atoms with Crippen molar-refractivity contribution >= 4 is 11.8 Å². The third-order valence-electron chi connectivity index (χ3n) is 2.80. The van der Waals surface area contributed by atoms with Crippen LogP contribution in [0.3, 0.4) is 0 Å². The highest BCUT2D eigenvalue weighted by atomic mass is 32.2. The van der Waals surface area contributed by atoms with E-state index in [4.69, 9.17) is 5.73 Å². The van der Waals surface area contributed by atoms with Gasteiger partial charge >= 0.3 is 0 Å². The number of rotatable bonds is 4. The Labute approximate surface area is 104 Å². The first kappa shape index (κ1) is 12.1. The highest BCUT2D eigenvalue weighted by Gasteiger charge is 2.10. The summed E-state index contributed by atoms with van der Waals surface area (Å²) >= 11 is 1.64. The molecular formula is C10H16N6S. The van der Waals surface area contributed by atoms with Gasteiger partial charge < -0.3 is 10.3 Å². The van der Waals surface area contributed by atoms with E-state index in [9.17, 15) is 0 Å². The van der Waals surface area contributed by atoms with Crippen LogP contribution in [-0.4, -0.2) is 24.5 Å². The van der Waals surface area contributed by atoms with Crippen LogP contribution < -0.4 is 5.73 Å². The van der Waals surface area contributed by atoms with Gasteiger partial charge in [0.25, 0.3) is 0 Å². The summed E-state index contributed by atoms with van der Waals surface area (Å²) in [5, 5.41) is 13.2. The van der Waals surface area contributed by atoms with E-state index in [2.05, 4.69) is 22.2 Å². The molecule has 0 aliphatic heterocycles. The molecule has 0 saturated heterocycles. The van der Waals surface area contributed by atoms with Gasteiger partial charge in [0.2, 0.25) is 0 Å². The lowest BCUT2D eigenvalue weighted by molar-refractivity contribution is 0.733. The minimum absolute atomic E-state index is 0.413. The maximum absolute atomic E-state index is 5.55. The van der Waals surface area contributed by atoms with Crippen molar-refractivity contribution in [3.05, 3.63) is 23.3 Å². The summed E-state index contributed by atoms with van der Waals surface area (Å²) in [6.07, 6.45) is 1.89. The number of aryl methyl sites for hydroxylation is 1. The molecule has 0 atom stereocenters. The van der Waals surface area contributed by atoms with Crippen molar-refractivity contribution in [2.75, 3.05) is 0 Å². The summed E-state index contributed by atoms with van der Waals surface area (Å²) in [6, 6.07) is 0. The van der Waals surface area contributed by atoms with Gasteiger partial charge in [-0.05, 0) is 6.92 Å². The van der Waals surface area contributed by atoms with Crippen LogP contribution in [0.15, 0.2) is 11.4 Å². The van der Waals surface area contributed by atoms with Crippen LogP contribution in [0.1, 0.15) is 17.1 Å². The first-order valence-corrected chi connectivity index (χ1v) is 6.30. The zero-order chi connectivity index (χ0) is 12.4. The lowest BCUT2D eigenvalue weighted by atomic mass is 10.3. The average molecular weight is 252 g/mol. The Bertz CT molecular complexity index is 515. The molecular weight excluding hydrogens is 236 g/mol. The van der Waals surface area contributed by atoms with Gasteiger partial charge in [0, 0.05) is 31.1 Å². The lowest BCUT2D eigenvalue weighted by Gasteiger charge is -2.02. The van der Waals surface area contributed by atoms with Crippen molar-refractivity contribution in [2.24, 2.45) is 19.8 Å². The number of thioether (sulfide) groups is 1. The summed E-state index contributed by atoms with van der Waals surface area (Å²) < 4.78 is 3.80. The van der Waals surface area contributed by atoms with Crippen LogP contribution in [0, 0.1) is 6.92 Å². The van der Waals surface area contributed by atoms with Crippen molar-refractivity contribution in [3.63, 3.8) is 0 Å². The second-order valence-electron chi connectivity index (χ2n) is 3.83. The van der Waals surface area contributed by atoms with Gasteiger partial charge in [-0.15, -0.1) is 10.2 Å². The van der Waals surface area contributed by atoms with E-state index in [1.165, 1.54) is 11.3 Å². The molecule has 2 N–H and O–H groups in total. The fourth-order valence-corrected chi connectivity index (χ4v) is 2.44. The lowest BCUT2D eigenvalue weighted by Crippen LogP contribution is -2.05. The maximum atomic E-state index is 5.55. The number of nitrogens with two attached hydrogens (primary N) is 1. The molecule has 0 aliphatic rings. The predicted molar refractivity (Wildman–Crippen MR) is 66.4 cm³/mol. The summed E-state index contributed by atoms with van der Waals surface area (Å²) in [7, 11) is 3.87. The number of hydrogen-bond acceptors (Lipinski definition) is 5. The quantitative estimate of drug-likeness (QED) is 0.807. The molecule has 2 heterocycles. The summed E-state index contributed by atoms with van der Waals surface area (Å²) in [4.78, 5) is 0. The molecule has 0 aromatic carbocycles. The second kappa shape index (κ2) is 4.89. The molecule has 7 heteroatoms. The zero-order valence-electron chi connectivity index (χ0n) is 10.2. The topological polar surface area (TPSA) is 74.6 Å². The van der Waals surface area contributed by atoms with Crippen LogP contribution >= 0.6 is 11.8 Å². The Morgan fingerprint density at radius 3 is 2.65 bits per heavy atom. The molecule has 2 rings (SSSR count). The Balaban J connectivity index is 2.07. The average Bonchev–Trinajstić information content (AvgIpc) is 2.83. The monoisotopic (exact) mass is 252 g/mol. The molecule has 0 unspecified atom stereocenters. The number of hydrogen-bond donors (Lipinski definition) is 1. The van der Waals surface area contributed by atoms with Crippen LogP contribution in [0.5, 0.6) is 0 Å². The van der Waals surface area contributed by atoms with Crippen LogP contribution in [0.2, 0.25) is 0 Å². The summed E-state index contributed by atoms with van der Waals surface area (Å²) in [5.74, 6) is 1.64. The van der Waals surface area contributed by atoms with E-state index in [1.54, 1.807) is 11.8 Å². The first-order valence-electron chi connectivity index (χ1n) is 5.32. The highest BCUT2D eigenvalue weighted by molar-refractivity contribution is 7.98. The molecule has 6 nitrogen and oxygen atoms in total. The molecule has 0 radical (unpaired) electrons. The maximum Gasteiger partial charge on any atom is 0.191 e. The van der Waals surface area contributed by atoms with Crippen LogP contribution in [0.25, 0.3) is 0 Å². The normalized spacial score (nSPS) is 11.1. The zero-order valence-corrected chi connectivity index (χ0v) is 11.0. The van der Waals surface area contributed by atoms with Crippen molar-refractivity contribution < 1.29 is 0 Å². The molecule has 0 aliphatic carbocycles. The van der Waals surface area contributed by atoms with Crippen molar-refractivity contribution in [3.8, 4) is 0 Å². The van der Waals surface area contributed by atoms with E-state index in [1.807, 2.05) is 29.5 Å². The third-order valence-corrected chi connectivity index (χ3v) is 3.87. The minimum Gasteiger partial charge on any atom is -0.324 e. The number of aromatic nitrogens is 5. The van der Waals surface area contributed by atoms with E-state index in [0.29, 0.717) is 6.54 Å². The van der Waals surface area contributed by atoms with Crippen LogP contribution in [0.4, 0.5) is 0 Å². The Morgan fingerprint density at radius 1 is 1.35 bits per heavy atom. The molecule has 17 heavy (non-hydrogen) atoms. The third kappa shape index (κ3) is 2.34. The molecule has 0 fully saturated rings. The molecule has 0 spiro atoms. The first-order chi connectivity index (χ1) is 8.13. The van der Waals surface area contributed by atoms with Crippen molar-refractivity contribution in [2.45, 2.75) is 24.4 Å². The molecule has 0 bridgehead atoms. The summed E-state index contributed by atoms with van der Waals surface area (Å²) in [5.41, 5.74) is 7.95. The van der Waals surface area contributed by atoms with E-state index < -0.39 is 0 Å². The minimum atomic E-state index is 0.413. The molecule has 2 aromatic heterocycles. The van der Waals surface area contributed by atoms with Crippen LogP contribution in [-0.2, 0) is 26.4 Å². The Kier molecular flexibility index (Phi) is 3.49. The Hall–Kier alpha value is -1.34. The van der Waals surface area contributed by atoms with Gasteiger partial charge in [-0.2, -0.15) is 5.10 Å². The largest absolute Gasteiger partial charge is 0.324 e. The Morgan fingerprint density at radius 2 is 2.12 bits per heavy atom. The standard InChI is InChI=1S/C10H16N6S/c1-7-8(5-12-16(7)3)6-17-10-14-13-9(4-11)15(10)2/h5H,4,6,11H2,1-3H3. The molecule has 92 valence electrons. The molecule has 0 saturated carbocycles. The molecule has 0 amide bonds. The molecule has 2 aromatic rings. The summed E-state index contributed by atoms with van der Waals surface area (Å²) in [6.45, 7) is 2.47. The van der Waals surface area contributed by atoms with Gasteiger partial charge in [-0.1, -0.05) is 11.8 Å². The van der Waals surface area contributed by atoms with Crippen molar-refractivity contribution in [1.29, 1.82) is 0 Å². The highest BCUT2D eigenvalue weighted by Crippen LogP contribution is 2.22. The van der Waals surface area contributed by atoms with E-state index in [0.717, 1.165) is 16.7 Å². The fraction of sp³-hybridized carbons (Fsp3) is 0.500. The van der Waals surface area contributed by atoms with Crippen molar-refractivity contribution in [1.82, 2.24) is 24.5 Å². The van der Waals surface area contributed by atoms with E-state index >= 15 is 0 Å². The predicted octanol–water partition coefficient (Wildman–Crippen LogP) is 0.608. The van der Waals surface area contributed by atoms with Gasteiger partial charge in [-0.3, -0.25) is 4.68 Å². The second-order valence-corrected chi connectivity index (χ2v) is 4.77. The van der Waals surface area contributed by atoms with Gasteiger partial charge in [0.15, 0.2) is 5.16 Å². The SMILES string of the molecule is Cc1c(CSc2nnc(CN)n2C)cnn1C.